The van der Waals surface area contributed by atoms with Crippen LogP contribution < -0.4 is 4.72 Å². The van der Waals surface area contributed by atoms with Crippen LogP contribution in [0.5, 0.6) is 0 Å². The molecule has 0 fully saturated rings. The van der Waals surface area contributed by atoms with E-state index in [0.29, 0.717) is 4.47 Å². The molecule has 7 heteroatoms. The molecule has 5 nitrogen and oxygen atoms in total. The Morgan fingerprint density at radius 1 is 1.47 bits per heavy atom. The third-order valence-electron chi connectivity index (χ3n) is 2.08. The fraction of sp³-hybridized carbons (Fsp3) is 0.300. The molecular formula is C10H12BrNO4S. The van der Waals surface area contributed by atoms with Gasteiger partial charge in [-0.05, 0) is 47.5 Å². The molecule has 1 atom stereocenters. The minimum absolute atomic E-state index is 0.0330. The maximum absolute atomic E-state index is 11.9. The highest BCUT2D eigenvalue weighted by atomic mass is 79.9. The van der Waals surface area contributed by atoms with Crippen LogP contribution in [-0.4, -0.2) is 25.5 Å². The summed E-state index contributed by atoms with van der Waals surface area (Å²) in [6, 6.07) is 3.66. The molecule has 0 saturated carbocycles. The molecule has 1 aromatic rings. The fourth-order valence-corrected chi connectivity index (χ4v) is 3.41. The first-order chi connectivity index (χ1) is 7.74. The quantitative estimate of drug-likeness (QED) is 0.880. The molecular weight excluding hydrogens is 310 g/mol. The summed E-state index contributed by atoms with van der Waals surface area (Å²) in [7, 11) is -3.84. The fourth-order valence-electron chi connectivity index (χ4n) is 1.16. The van der Waals surface area contributed by atoms with Crippen LogP contribution in [0.15, 0.2) is 27.6 Å². The van der Waals surface area contributed by atoms with E-state index in [0.717, 1.165) is 5.56 Å². The Morgan fingerprint density at radius 2 is 2.06 bits per heavy atom. The number of sulfonamides is 1. The van der Waals surface area contributed by atoms with E-state index in [1.165, 1.54) is 13.0 Å². The van der Waals surface area contributed by atoms with Gasteiger partial charge in [0.1, 0.15) is 6.04 Å². The zero-order chi connectivity index (χ0) is 13.2. The number of rotatable bonds is 4. The molecule has 17 heavy (non-hydrogen) atoms. The Kier molecular flexibility index (Phi) is 4.29. The largest absolute Gasteiger partial charge is 0.480 e. The normalized spacial score (nSPS) is 13.4. The summed E-state index contributed by atoms with van der Waals surface area (Å²) in [6.45, 7) is 3.02. The Hall–Kier alpha value is -0.920. The Bertz CT molecular complexity index is 541. The van der Waals surface area contributed by atoms with E-state index in [-0.39, 0.29) is 4.90 Å². The van der Waals surface area contributed by atoms with Crippen molar-refractivity contribution in [3.05, 3.63) is 28.2 Å². The second-order valence-corrected chi connectivity index (χ2v) is 6.15. The van der Waals surface area contributed by atoms with Crippen LogP contribution in [0, 0.1) is 6.92 Å². The lowest BCUT2D eigenvalue weighted by Gasteiger charge is -2.11. The van der Waals surface area contributed by atoms with E-state index < -0.39 is 22.0 Å². The number of carboxylic acid groups (broad SMARTS) is 1. The average molecular weight is 322 g/mol. The monoisotopic (exact) mass is 321 g/mol. The maximum atomic E-state index is 11.9. The topological polar surface area (TPSA) is 83.5 Å². The molecule has 0 aliphatic rings. The molecule has 0 unspecified atom stereocenters. The molecule has 1 rings (SSSR count). The number of carboxylic acids is 1. The second-order valence-electron chi connectivity index (χ2n) is 3.62. The van der Waals surface area contributed by atoms with Gasteiger partial charge in [-0.3, -0.25) is 4.79 Å². The first kappa shape index (κ1) is 14.1. The first-order valence-corrected chi connectivity index (χ1v) is 7.03. The van der Waals surface area contributed by atoms with Crippen LogP contribution >= 0.6 is 15.9 Å². The van der Waals surface area contributed by atoms with Crippen molar-refractivity contribution in [1.82, 2.24) is 4.72 Å². The number of hydrogen-bond acceptors (Lipinski definition) is 3. The summed E-state index contributed by atoms with van der Waals surface area (Å²) in [5, 5.41) is 8.68. The minimum atomic E-state index is -3.84. The van der Waals surface area contributed by atoms with Gasteiger partial charge in [-0.15, -0.1) is 0 Å². The molecule has 2 N–H and O–H groups in total. The van der Waals surface area contributed by atoms with Crippen LogP contribution in [0.1, 0.15) is 12.5 Å². The Balaban J connectivity index is 3.13. The number of hydrogen-bond donors (Lipinski definition) is 2. The van der Waals surface area contributed by atoms with Crippen molar-refractivity contribution < 1.29 is 18.3 Å². The van der Waals surface area contributed by atoms with Gasteiger partial charge in [0.2, 0.25) is 10.0 Å². The zero-order valence-electron chi connectivity index (χ0n) is 9.27. The standard InChI is InChI=1S/C10H12BrNO4S/c1-6-3-4-8(11)9(5-6)17(15,16)12-7(2)10(13)14/h3-5,7,12H,1-2H3,(H,13,14)/t7-/m0/s1. The summed E-state index contributed by atoms with van der Waals surface area (Å²) >= 11 is 3.13. The molecule has 1 aromatic carbocycles. The van der Waals surface area contributed by atoms with Crippen molar-refractivity contribution in [1.29, 1.82) is 0 Å². The van der Waals surface area contributed by atoms with Gasteiger partial charge >= 0.3 is 5.97 Å². The van der Waals surface area contributed by atoms with E-state index in [1.54, 1.807) is 19.1 Å². The summed E-state index contributed by atoms with van der Waals surface area (Å²) in [5.74, 6) is -1.22. The highest BCUT2D eigenvalue weighted by molar-refractivity contribution is 9.10. The van der Waals surface area contributed by atoms with Crippen LogP contribution in [-0.2, 0) is 14.8 Å². The van der Waals surface area contributed by atoms with Crippen LogP contribution in [0.4, 0.5) is 0 Å². The number of halogens is 1. The van der Waals surface area contributed by atoms with Gasteiger partial charge in [-0.2, -0.15) is 4.72 Å². The average Bonchev–Trinajstić information content (AvgIpc) is 2.20. The van der Waals surface area contributed by atoms with Crippen LogP contribution in [0.2, 0.25) is 0 Å². The molecule has 0 radical (unpaired) electrons. The summed E-state index contributed by atoms with van der Waals surface area (Å²) in [5.41, 5.74) is 0.775. The van der Waals surface area contributed by atoms with E-state index in [9.17, 15) is 13.2 Å². The Morgan fingerprint density at radius 3 is 2.59 bits per heavy atom. The molecule has 0 spiro atoms. The van der Waals surface area contributed by atoms with Crippen molar-refractivity contribution in [2.75, 3.05) is 0 Å². The lowest BCUT2D eigenvalue weighted by molar-refractivity contribution is -0.138. The van der Waals surface area contributed by atoms with Gasteiger partial charge in [0.25, 0.3) is 0 Å². The summed E-state index contributed by atoms with van der Waals surface area (Å²) in [4.78, 5) is 10.7. The van der Waals surface area contributed by atoms with E-state index in [4.69, 9.17) is 5.11 Å². The molecule has 0 aliphatic heterocycles. The van der Waals surface area contributed by atoms with Crippen LogP contribution in [0.25, 0.3) is 0 Å². The smallest absolute Gasteiger partial charge is 0.321 e. The van der Waals surface area contributed by atoms with E-state index in [2.05, 4.69) is 20.7 Å². The molecule has 0 bridgehead atoms. The zero-order valence-corrected chi connectivity index (χ0v) is 11.7. The van der Waals surface area contributed by atoms with Gasteiger partial charge in [-0.25, -0.2) is 8.42 Å². The highest BCUT2D eigenvalue weighted by Crippen LogP contribution is 2.23. The van der Waals surface area contributed by atoms with Crippen molar-refractivity contribution in [3.63, 3.8) is 0 Å². The molecule has 0 saturated heterocycles. The van der Waals surface area contributed by atoms with Gasteiger partial charge in [-0.1, -0.05) is 6.07 Å². The predicted octanol–water partition coefficient (Wildman–Crippen LogP) is 1.51. The molecule has 0 heterocycles. The summed E-state index contributed by atoms with van der Waals surface area (Å²) in [6.07, 6.45) is 0. The van der Waals surface area contributed by atoms with E-state index in [1.807, 2.05) is 0 Å². The number of nitrogens with one attached hydrogen (secondary N) is 1. The first-order valence-electron chi connectivity index (χ1n) is 4.75. The maximum Gasteiger partial charge on any atom is 0.321 e. The Labute approximate surface area is 108 Å². The molecule has 94 valence electrons. The van der Waals surface area contributed by atoms with Crippen molar-refractivity contribution >= 4 is 31.9 Å². The van der Waals surface area contributed by atoms with Crippen molar-refractivity contribution in [2.24, 2.45) is 0 Å². The highest BCUT2D eigenvalue weighted by Gasteiger charge is 2.23. The summed E-state index contributed by atoms with van der Waals surface area (Å²) < 4.78 is 26.3. The molecule has 0 aliphatic carbocycles. The lowest BCUT2D eigenvalue weighted by Crippen LogP contribution is -2.38. The third-order valence-corrected chi connectivity index (χ3v) is 4.61. The van der Waals surface area contributed by atoms with Gasteiger partial charge in [0, 0.05) is 4.47 Å². The van der Waals surface area contributed by atoms with Crippen molar-refractivity contribution in [2.45, 2.75) is 24.8 Å². The minimum Gasteiger partial charge on any atom is -0.480 e. The molecule has 0 amide bonds. The van der Waals surface area contributed by atoms with Crippen molar-refractivity contribution in [3.8, 4) is 0 Å². The molecule has 0 aromatic heterocycles. The van der Waals surface area contributed by atoms with Gasteiger partial charge in [0.15, 0.2) is 0 Å². The predicted molar refractivity (Wildman–Crippen MR) is 66.3 cm³/mol. The number of carbonyl (C=O) groups is 1. The SMILES string of the molecule is Cc1ccc(Br)c(S(=O)(=O)N[C@@H](C)C(=O)O)c1. The second kappa shape index (κ2) is 5.16. The van der Waals surface area contributed by atoms with E-state index >= 15 is 0 Å². The number of aryl methyl sites for hydroxylation is 1. The number of aliphatic carboxylic acids is 1. The number of benzene rings is 1. The third kappa shape index (κ3) is 3.52. The van der Waals surface area contributed by atoms with Crippen LogP contribution in [0.3, 0.4) is 0 Å². The van der Waals surface area contributed by atoms with Gasteiger partial charge < -0.3 is 5.11 Å². The lowest BCUT2D eigenvalue weighted by atomic mass is 10.2. The van der Waals surface area contributed by atoms with Gasteiger partial charge in [0.05, 0.1) is 4.90 Å².